The van der Waals surface area contributed by atoms with E-state index in [1.807, 2.05) is 42.5 Å². The van der Waals surface area contributed by atoms with Crippen molar-refractivity contribution in [3.8, 4) is 11.5 Å². The van der Waals surface area contributed by atoms with Gasteiger partial charge in [-0.15, -0.1) is 0 Å². The minimum Gasteiger partial charge on any atom is -0.497 e. The number of benzene rings is 2. The lowest BCUT2D eigenvalue weighted by molar-refractivity contribution is -0.120. The number of amides is 1. The lowest BCUT2D eigenvalue weighted by Gasteiger charge is -2.09. The molecule has 0 aliphatic heterocycles. The summed E-state index contributed by atoms with van der Waals surface area (Å²) in [5, 5.41) is 3.83. The van der Waals surface area contributed by atoms with Gasteiger partial charge in [0.25, 0.3) is 0 Å². The van der Waals surface area contributed by atoms with E-state index in [-0.39, 0.29) is 12.3 Å². The number of para-hydroxylation sites is 1. The van der Waals surface area contributed by atoms with E-state index in [4.69, 9.17) is 13.9 Å². The number of furan rings is 1. The molecule has 0 aliphatic rings. The van der Waals surface area contributed by atoms with Gasteiger partial charge in [0.15, 0.2) is 0 Å². The van der Waals surface area contributed by atoms with Gasteiger partial charge in [-0.05, 0) is 18.2 Å². The second kappa shape index (κ2) is 7.08. The summed E-state index contributed by atoms with van der Waals surface area (Å²) in [7, 11) is 3.23. The van der Waals surface area contributed by atoms with Crippen molar-refractivity contribution >= 4 is 16.9 Å². The number of carbonyl (C=O) groups is 1. The van der Waals surface area contributed by atoms with Crippen molar-refractivity contribution in [2.45, 2.75) is 13.0 Å². The van der Waals surface area contributed by atoms with E-state index >= 15 is 0 Å². The quantitative estimate of drug-likeness (QED) is 0.755. The van der Waals surface area contributed by atoms with Crippen molar-refractivity contribution in [2.24, 2.45) is 0 Å². The fourth-order valence-electron chi connectivity index (χ4n) is 2.61. The monoisotopic (exact) mass is 325 g/mol. The summed E-state index contributed by atoms with van der Waals surface area (Å²) in [4.78, 5) is 12.2. The number of methoxy groups -OCH3 is 2. The smallest absolute Gasteiger partial charge is 0.224 e. The molecule has 0 saturated heterocycles. The molecule has 0 saturated carbocycles. The van der Waals surface area contributed by atoms with E-state index in [1.54, 1.807) is 20.5 Å². The number of hydrogen-bond donors (Lipinski definition) is 1. The minimum atomic E-state index is -0.0700. The molecule has 0 bridgehead atoms. The standard InChI is InChI=1S/C19H19NO4/c1-22-15-7-8-16-14(12-24-18(16)10-15)9-19(21)20-11-13-5-3-4-6-17(13)23-2/h3-8,10,12H,9,11H2,1-2H3,(H,20,21). The average Bonchev–Trinajstić information content (AvgIpc) is 3.02. The first-order chi connectivity index (χ1) is 11.7. The number of nitrogens with one attached hydrogen (secondary N) is 1. The molecule has 3 rings (SSSR count). The summed E-state index contributed by atoms with van der Waals surface area (Å²) in [6.07, 6.45) is 1.88. The van der Waals surface area contributed by atoms with Crippen LogP contribution in [-0.2, 0) is 17.8 Å². The third-order valence-electron chi connectivity index (χ3n) is 3.88. The Balaban J connectivity index is 1.67. The second-order valence-electron chi connectivity index (χ2n) is 5.39. The highest BCUT2D eigenvalue weighted by molar-refractivity contribution is 5.88. The zero-order valence-electron chi connectivity index (χ0n) is 13.7. The topological polar surface area (TPSA) is 60.7 Å². The Morgan fingerprint density at radius 2 is 1.92 bits per heavy atom. The first kappa shape index (κ1) is 15.9. The summed E-state index contributed by atoms with van der Waals surface area (Å²) in [5.41, 5.74) is 2.50. The average molecular weight is 325 g/mol. The maximum absolute atomic E-state index is 12.2. The molecule has 0 atom stereocenters. The number of fused-ring (bicyclic) bond motifs is 1. The molecule has 1 aromatic heterocycles. The number of hydrogen-bond acceptors (Lipinski definition) is 4. The van der Waals surface area contributed by atoms with E-state index in [0.717, 1.165) is 28.0 Å². The summed E-state index contributed by atoms with van der Waals surface area (Å²) in [5.74, 6) is 1.42. The molecule has 0 fully saturated rings. The highest BCUT2D eigenvalue weighted by Crippen LogP contribution is 2.26. The van der Waals surface area contributed by atoms with Gasteiger partial charge in [0, 0.05) is 29.1 Å². The molecule has 124 valence electrons. The predicted molar refractivity (Wildman–Crippen MR) is 91.3 cm³/mol. The Hall–Kier alpha value is -2.95. The first-order valence-electron chi connectivity index (χ1n) is 7.64. The van der Waals surface area contributed by atoms with E-state index < -0.39 is 0 Å². The van der Waals surface area contributed by atoms with Crippen molar-refractivity contribution < 1.29 is 18.7 Å². The molecule has 0 aliphatic carbocycles. The first-order valence-corrected chi connectivity index (χ1v) is 7.64. The van der Waals surface area contributed by atoms with Crippen molar-refractivity contribution in [1.29, 1.82) is 0 Å². The van der Waals surface area contributed by atoms with E-state index in [1.165, 1.54) is 0 Å². The molecular formula is C19H19NO4. The normalized spacial score (nSPS) is 10.6. The van der Waals surface area contributed by atoms with Crippen LogP contribution in [0.5, 0.6) is 11.5 Å². The molecule has 5 nitrogen and oxygen atoms in total. The van der Waals surface area contributed by atoms with E-state index in [9.17, 15) is 4.79 Å². The molecule has 2 aromatic carbocycles. The zero-order chi connectivity index (χ0) is 16.9. The van der Waals surface area contributed by atoms with Crippen LogP contribution in [0.25, 0.3) is 11.0 Å². The lowest BCUT2D eigenvalue weighted by atomic mass is 10.1. The number of carbonyl (C=O) groups excluding carboxylic acids is 1. The number of rotatable bonds is 6. The van der Waals surface area contributed by atoms with Gasteiger partial charge in [-0.3, -0.25) is 4.79 Å². The predicted octanol–water partition coefficient (Wildman–Crippen LogP) is 3.31. The van der Waals surface area contributed by atoms with Crippen LogP contribution >= 0.6 is 0 Å². The van der Waals surface area contributed by atoms with Gasteiger partial charge in [0.1, 0.15) is 17.1 Å². The third-order valence-corrected chi connectivity index (χ3v) is 3.88. The SMILES string of the molecule is COc1ccc2c(CC(=O)NCc3ccccc3OC)coc2c1. The Labute approximate surface area is 140 Å². The highest BCUT2D eigenvalue weighted by Gasteiger charge is 2.12. The molecule has 24 heavy (non-hydrogen) atoms. The molecule has 5 heteroatoms. The highest BCUT2D eigenvalue weighted by atomic mass is 16.5. The number of ether oxygens (including phenoxy) is 2. The van der Waals surface area contributed by atoms with Gasteiger partial charge >= 0.3 is 0 Å². The summed E-state index contributed by atoms with van der Waals surface area (Å²) < 4.78 is 16.0. The Morgan fingerprint density at radius 3 is 2.71 bits per heavy atom. The molecule has 0 unspecified atom stereocenters. The van der Waals surface area contributed by atoms with Crippen LogP contribution in [-0.4, -0.2) is 20.1 Å². The van der Waals surface area contributed by atoms with Crippen LogP contribution in [0, 0.1) is 0 Å². The molecule has 0 spiro atoms. The van der Waals surface area contributed by atoms with Gasteiger partial charge in [-0.25, -0.2) is 0 Å². The fourth-order valence-corrected chi connectivity index (χ4v) is 2.61. The van der Waals surface area contributed by atoms with Crippen LogP contribution in [0.15, 0.2) is 53.1 Å². The lowest BCUT2D eigenvalue weighted by Crippen LogP contribution is -2.24. The van der Waals surface area contributed by atoms with Gasteiger partial charge in [0.2, 0.25) is 5.91 Å². The van der Waals surface area contributed by atoms with Crippen molar-refractivity contribution in [2.75, 3.05) is 14.2 Å². The Bertz CT molecular complexity index is 853. The molecule has 1 amide bonds. The Morgan fingerprint density at radius 1 is 1.08 bits per heavy atom. The molecule has 1 N–H and O–H groups in total. The fraction of sp³-hybridized carbons (Fsp3) is 0.211. The van der Waals surface area contributed by atoms with Gasteiger partial charge < -0.3 is 19.2 Å². The molecular weight excluding hydrogens is 306 g/mol. The van der Waals surface area contributed by atoms with Crippen molar-refractivity contribution in [3.05, 3.63) is 59.9 Å². The summed E-state index contributed by atoms with van der Waals surface area (Å²) in [6, 6.07) is 13.2. The summed E-state index contributed by atoms with van der Waals surface area (Å²) in [6.45, 7) is 0.423. The van der Waals surface area contributed by atoms with Crippen LogP contribution in [0.3, 0.4) is 0 Å². The van der Waals surface area contributed by atoms with Gasteiger partial charge in [0.05, 0.1) is 26.9 Å². The molecule has 1 heterocycles. The van der Waals surface area contributed by atoms with Crippen LogP contribution < -0.4 is 14.8 Å². The van der Waals surface area contributed by atoms with Gasteiger partial charge in [-0.1, -0.05) is 18.2 Å². The van der Waals surface area contributed by atoms with Crippen molar-refractivity contribution in [1.82, 2.24) is 5.32 Å². The van der Waals surface area contributed by atoms with Crippen LogP contribution in [0.2, 0.25) is 0 Å². The minimum absolute atomic E-state index is 0.0700. The molecule has 0 radical (unpaired) electrons. The third kappa shape index (κ3) is 3.35. The van der Waals surface area contributed by atoms with E-state index in [2.05, 4.69) is 5.32 Å². The van der Waals surface area contributed by atoms with E-state index in [0.29, 0.717) is 12.1 Å². The largest absolute Gasteiger partial charge is 0.497 e. The van der Waals surface area contributed by atoms with Crippen LogP contribution in [0.4, 0.5) is 0 Å². The van der Waals surface area contributed by atoms with Crippen molar-refractivity contribution in [3.63, 3.8) is 0 Å². The maximum atomic E-state index is 12.2. The summed E-state index contributed by atoms with van der Waals surface area (Å²) >= 11 is 0. The van der Waals surface area contributed by atoms with Crippen LogP contribution in [0.1, 0.15) is 11.1 Å². The second-order valence-corrected chi connectivity index (χ2v) is 5.39. The Kier molecular flexibility index (Phi) is 4.70. The maximum Gasteiger partial charge on any atom is 0.224 e. The zero-order valence-corrected chi connectivity index (χ0v) is 13.7. The molecule has 3 aromatic rings. The van der Waals surface area contributed by atoms with Gasteiger partial charge in [-0.2, -0.15) is 0 Å².